The highest BCUT2D eigenvalue weighted by atomic mass is 32.1. The van der Waals surface area contributed by atoms with E-state index >= 15 is 0 Å². The lowest BCUT2D eigenvalue weighted by Crippen LogP contribution is -2.54. The number of hydrogen-bond acceptors (Lipinski definition) is 10. The third-order valence-electron chi connectivity index (χ3n) is 9.58. The van der Waals surface area contributed by atoms with Crippen molar-refractivity contribution < 1.29 is 9.59 Å². The molecule has 13 nitrogen and oxygen atoms in total. The first kappa shape index (κ1) is 31.6. The van der Waals surface area contributed by atoms with Gasteiger partial charge >= 0.3 is 0 Å². The summed E-state index contributed by atoms with van der Waals surface area (Å²) in [7, 11) is 0. The lowest BCUT2D eigenvalue weighted by atomic mass is 10.0. The van der Waals surface area contributed by atoms with Crippen molar-refractivity contribution in [1.82, 2.24) is 44.4 Å². The zero-order chi connectivity index (χ0) is 34.0. The number of fused-ring (bicyclic) bond motifs is 1. The van der Waals surface area contributed by atoms with Gasteiger partial charge in [0, 0.05) is 85.0 Å². The van der Waals surface area contributed by atoms with Gasteiger partial charge in [-0.1, -0.05) is 29.5 Å². The smallest absolute Gasteiger partial charge is 0.254 e. The van der Waals surface area contributed by atoms with Crippen LogP contribution in [0.2, 0.25) is 0 Å². The van der Waals surface area contributed by atoms with Gasteiger partial charge < -0.3 is 20.0 Å². The quantitative estimate of drug-likeness (QED) is 0.238. The predicted octanol–water partition coefficient (Wildman–Crippen LogP) is 4.88. The van der Waals surface area contributed by atoms with Gasteiger partial charge in [0.25, 0.3) is 11.8 Å². The molecule has 2 aliphatic rings. The molecule has 2 amide bonds. The van der Waals surface area contributed by atoms with Crippen LogP contribution in [0.3, 0.4) is 0 Å². The van der Waals surface area contributed by atoms with Gasteiger partial charge in [-0.15, -0.1) is 26.6 Å². The second-order valence-corrected chi connectivity index (χ2v) is 13.8. The molecule has 8 rings (SSSR count). The summed E-state index contributed by atoms with van der Waals surface area (Å²) >= 11 is 1.73. The Morgan fingerprint density at radius 1 is 0.920 bits per heavy atom. The van der Waals surface area contributed by atoms with E-state index in [0.29, 0.717) is 49.5 Å². The van der Waals surface area contributed by atoms with E-state index in [0.717, 1.165) is 42.1 Å². The molecule has 14 heteroatoms. The standard InChI is InChI=1S/C36H37N11O2S/c1-25-22-44(16-17-46(25)33-34-41-39-24-45(34)15-12-37-33)36(49)28-7-2-6-27(19-28)35(48)43-13-10-30(11-14-43)47-23-32(40-42-47)26-5-3-8-29(20-26)38-21-31-9-4-18-50-31/h2-9,12,15,18-20,23-25,30,38H,10-11,13-14,16-17,21-22H2,1H3. The SMILES string of the molecule is CC1CN(C(=O)c2cccc(C(=O)N3CCC(n4cc(-c5cccc(NCc6cccs6)c5)nn4)CC3)c2)CCN1c1nccn2cnnc12. The monoisotopic (exact) mass is 687 g/mol. The lowest BCUT2D eigenvalue weighted by Gasteiger charge is -2.40. The number of nitrogens with zero attached hydrogens (tertiary/aromatic N) is 10. The second-order valence-electron chi connectivity index (χ2n) is 12.8. The predicted molar refractivity (Wildman–Crippen MR) is 191 cm³/mol. The van der Waals surface area contributed by atoms with E-state index in [2.05, 4.69) is 72.3 Å². The summed E-state index contributed by atoms with van der Waals surface area (Å²) in [6.45, 7) is 5.75. The molecule has 0 saturated carbocycles. The van der Waals surface area contributed by atoms with E-state index in [4.69, 9.17) is 0 Å². The normalized spacial score (nSPS) is 17.0. The highest BCUT2D eigenvalue weighted by molar-refractivity contribution is 7.09. The third kappa shape index (κ3) is 6.41. The number of piperazine rings is 1. The number of benzene rings is 2. The van der Waals surface area contributed by atoms with Gasteiger partial charge in [-0.05, 0) is 61.5 Å². The van der Waals surface area contributed by atoms with Crippen LogP contribution in [0.4, 0.5) is 11.5 Å². The molecule has 2 fully saturated rings. The molecular formula is C36H37N11O2S. The summed E-state index contributed by atoms with van der Waals surface area (Å²) in [4.78, 5) is 39.0. The van der Waals surface area contributed by atoms with Crippen LogP contribution in [-0.2, 0) is 6.54 Å². The summed E-state index contributed by atoms with van der Waals surface area (Å²) in [5.74, 6) is 0.618. The van der Waals surface area contributed by atoms with Crippen LogP contribution in [-0.4, -0.2) is 95.0 Å². The number of amides is 2. The van der Waals surface area contributed by atoms with Crippen LogP contribution in [0.15, 0.2) is 91.0 Å². The number of likely N-dealkylation sites (tertiary alicyclic amines) is 1. The summed E-state index contributed by atoms with van der Waals surface area (Å²) in [5, 5.41) is 22.7. The topological polar surface area (TPSA) is 130 Å². The van der Waals surface area contributed by atoms with Crippen molar-refractivity contribution in [2.45, 2.75) is 38.4 Å². The first-order valence-corrected chi connectivity index (χ1v) is 17.8. The molecule has 4 aromatic heterocycles. The van der Waals surface area contributed by atoms with Crippen molar-refractivity contribution in [3.8, 4) is 11.3 Å². The minimum Gasteiger partial charge on any atom is -0.380 e. The van der Waals surface area contributed by atoms with Crippen molar-refractivity contribution >= 4 is 40.3 Å². The number of carbonyl (C=O) groups is 2. The highest BCUT2D eigenvalue weighted by Crippen LogP contribution is 2.27. The fourth-order valence-corrected chi connectivity index (χ4v) is 7.51. The van der Waals surface area contributed by atoms with Crippen molar-refractivity contribution in [2.75, 3.05) is 42.9 Å². The zero-order valence-electron chi connectivity index (χ0n) is 27.7. The Morgan fingerprint density at radius 3 is 2.54 bits per heavy atom. The number of nitrogens with one attached hydrogen (secondary N) is 1. The Kier molecular flexibility index (Phi) is 8.67. The molecule has 1 N–H and O–H groups in total. The van der Waals surface area contributed by atoms with E-state index < -0.39 is 0 Å². The van der Waals surface area contributed by atoms with Crippen LogP contribution in [0, 0.1) is 0 Å². The number of anilines is 2. The molecule has 50 heavy (non-hydrogen) atoms. The van der Waals surface area contributed by atoms with Crippen LogP contribution in [0.1, 0.15) is 51.4 Å². The van der Waals surface area contributed by atoms with Gasteiger partial charge in [0.1, 0.15) is 12.0 Å². The van der Waals surface area contributed by atoms with E-state index in [-0.39, 0.29) is 23.9 Å². The van der Waals surface area contributed by atoms with Crippen LogP contribution >= 0.6 is 11.3 Å². The van der Waals surface area contributed by atoms with Gasteiger partial charge in [-0.25, -0.2) is 9.67 Å². The molecule has 0 spiro atoms. The largest absolute Gasteiger partial charge is 0.380 e. The Balaban J connectivity index is 0.866. The number of thiophene rings is 1. The Hall–Kier alpha value is -5.63. The molecule has 0 bridgehead atoms. The maximum Gasteiger partial charge on any atom is 0.254 e. The number of hydrogen-bond donors (Lipinski definition) is 1. The Labute approximate surface area is 293 Å². The molecule has 1 atom stereocenters. The minimum atomic E-state index is -0.0793. The number of rotatable bonds is 8. The highest BCUT2D eigenvalue weighted by Gasteiger charge is 2.31. The molecule has 6 aromatic rings. The van der Waals surface area contributed by atoms with Gasteiger partial charge in [0.15, 0.2) is 5.82 Å². The Bertz CT molecular complexity index is 2120. The molecule has 1 unspecified atom stereocenters. The summed E-state index contributed by atoms with van der Waals surface area (Å²) in [6, 6.07) is 19.7. The number of piperidine rings is 1. The van der Waals surface area contributed by atoms with Crippen LogP contribution in [0.25, 0.3) is 16.9 Å². The van der Waals surface area contributed by atoms with Crippen LogP contribution < -0.4 is 10.2 Å². The molecular weight excluding hydrogens is 651 g/mol. The van der Waals surface area contributed by atoms with Gasteiger partial charge in [-0.3, -0.25) is 14.0 Å². The maximum absolute atomic E-state index is 13.6. The van der Waals surface area contributed by atoms with Crippen molar-refractivity contribution in [3.05, 3.63) is 107 Å². The first-order chi connectivity index (χ1) is 24.5. The maximum atomic E-state index is 13.6. The molecule has 2 saturated heterocycles. The second kappa shape index (κ2) is 13.7. The molecule has 6 heterocycles. The van der Waals surface area contributed by atoms with E-state index in [1.54, 1.807) is 48.1 Å². The van der Waals surface area contributed by atoms with Crippen molar-refractivity contribution in [2.24, 2.45) is 0 Å². The summed E-state index contributed by atoms with van der Waals surface area (Å²) in [6.07, 6.45) is 8.76. The van der Waals surface area contributed by atoms with Crippen molar-refractivity contribution in [3.63, 3.8) is 0 Å². The zero-order valence-corrected chi connectivity index (χ0v) is 28.5. The molecule has 2 aliphatic heterocycles. The molecule has 0 radical (unpaired) electrons. The third-order valence-corrected chi connectivity index (χ3v) is 10.5. The van der Waals surface area contributed by atoms with E-state index in [1.807, 2.05) is 43.4 Å². The fraction of sp³-hybridized carbons (Fsp3) is 0.306. The van der Waals surface area contributed by atoms with Crippen molar-refractivity contribution in [1.29, 1.82) is 0 Å². The molecule has 0 aliphatic carbocycles. The van der Waals surface area contributed by atoms with Gasteiger partial charge in [0.2, 0.25) is 5.65 Å². The molecule has 254 valence electrons. The van der Waals surface area contributed by atoms with Gasteiger partial charge in [-0.2, -0.15) is 0 Å². The Morgan fingerprint density at radius 2 is 1.74 bits per heavy atom. The average molecular weight is 688 g/mol. The number of aromatic nitrogens is 7. The van der Waals surface area contributed by atoms with Gasteiger partial charge in [0.05, 0.1) is 12.2 Å². The average Bonchev–Trinajstić information content (AvgIpc) is 3.97. The number of carbonyl (C=O) groups excluding carboxylic acids is 2. The van der Waals surface area contributed by atoms with E-state index in [1.165, 1.54) is 4.88 Å². The van der Waals surface area contributed by atoms with E-state index in [9.17, 15) is 9.59 Å². The lowest BCUT2D eigenvalue weighted by molar-refractivity contribution is 0.0689. The fourth-order valence-electron chi connectivity index (χ4n) is 6.87. The minimum absolute atomic E-state index is 0.0269. The van der Waals surface area contributed by atoms with Crippen LogP contribution in [0.5, 0.6) is 0 Å². The molecule has 2 aromatic carbocycles. The summed E-state index contributed by atoms with van der Waals surface area (Å²) < 4.78 is 3.78. The summed E-state index contributed by atoms with van der Waals surface area (Å²) in [5.41, 5.74) is 4.61. The first-order valence-electron chi connectivity index (χ1n) is 16.9.